The number of hydrogen-bond acceptors (Lipinski definition) is 1. The molecule has 1 heterocycles. The van der Waals surface area contributed by atoms with Crippen molar-refractivity contribution in [2.45, 2.75) is 38.1 Å². The first kappa shape index (κ1) is 16.1. The summed E-state index contributed by atoms with van der Waals surface area (Å²) in [4.78, 5) is 0. The standard InChI is InChI=1S/C21H21Cl2N/c1-12(2)13-6-3-8-15-14-7-4-9-16(14)21(24-20(13)15)17-10-5-11-18(22)19(17)23/h3-8,10-12,14,16,21,24H,9H2,1-2H3/t14-,16+,21-/m0/s1. The lowest BCUT2D eigenvalue weighted by Crippen LogP contribution is -2.30. The fraction of sp³-hybridized carbons (Fsp3) is 0.333. The van der Waals surface area contributed by atoms with Crippen molar-refractivity contribution in [1.82, 2.24) is 0 Å². The normalized spacial score (nSPS) is 24.6. The van der Waals surface area contributed by atoms with E-state index in [0.717, 1.165) is 12.0 Å². The van der Waals surface area contributed by atoms with Crippen LogP contribution in [0.3, 0.4) is 0 Å². The SMILES string of the molecule is CC(C)c1cccc2c1N[C@H](c1cccc(Cl)c1Cl)[C@@H]1CC=C[C@@H]21. The minimum atomic E-state index is 0.184. The molecule has 2 aliphatic rings. The second-order valence-corrected chi connectivity index (χ2v) is 7.87. The first-order valence-electron chi connectivity index (χ1n) is 8.58. The van der Waals surface area contributed by atoms with Crippen LogP contribution in [0.15, 0.2) is 48.6 Å². The molecule has 0 aromatic heterocycles. The first-order chi connectivity index (χ1) is 11.6. The number of allylic oxidation sites excluding steroid dienone is 2. The van der Waals surface area contributed by atoms with E-state index in [0.29, 0.717) is 27.8 Å². The van der Waals surface area contributed by atoms with E-state index in [1.54, 1.807) is 0 Å². The van der Waals surface area contributed by atoms with Gasteiger partial charge in [0.1, 0.15) is 0 Å². The van der Waals surface area contributed by atoms with Gasteiger partial charge in [-0.05, 0) is 41.0 Å². The molecular weight excluding hydrogens is 337 g/mol. The van der Waals surface area contributed by atoms with Crippen molar-refractivity contribution in [1.29, 1.82) is 0 Å². The molecule has 124 valence electrons. The summed E-state index contributed by atoms with van der Waals surface area (Å²) in [6.07, 6.45) is 5.73. The van der Waals surface area contributed by atoms with Crippen molar-refractivity contribution >= 4 is 28.9 Å². The predicted molar refractivity (Wildman–Crippen MR) is 103 cm³/mol. The molecule has 1 aliphatic carbocycles. The number of anilines is 1. The van der Waals surface area contributed by atoms with Gasteiger partial charge in [-0.1, -0.05) is 79.5 Å². The van der Waals surface area contributed by atoms with Crippen molar-refractivity contribution in [3.63, 3.8) is 0 Å². The largest absolute Gasteiger partial charge is 0.377 e. The third-order valence-corrected chi connectivity index (χ3v) is 6.20. The van der Waals surface area contributed by atoms with Crippen LogP contribution in [-0.2, 0) is 0 Å². The molecule has 1 nitrogen and oxygen atoms in total. The van der Waals surface area contributed by atoms with E-state index >= 15 is 0 Å². The molecule has 3 atom stereocenters. The molecule has 24 heavy (non-hydrogen) atoms. The Morgan fingerprint density at radius 3 is 2.58 bits per heavy atom. The summed E-state index contributed by atoms with van der Waals surface area (Å²) in [6.45, 7) is 4.49. The zero-order valence-electron chi connectivity index (χ0n) is 13.9. The highest BCUT2D eigenvalue weighted by Crippen LogP contribution is 2.52. The second-order valence-electron chi connectivity index (χ2n) is 7.08. The molecule has 0 radical (unpaired) electrons. The number of fused-ring (bicyclic) bond motifs is 3. The molecule has 0 unspecified atom stereocenters. The Morgan fingerprint density at radius 1 is 1.04 bits per heavy atom. The molecule has 3 heteroatoms. The highest BCUT2D eigenvalue weighted by molar-refractivity contribution is 6.42. The quantitative estimate of drug-likeness (QED) is 0.573. The van der Waals surface area contributed by atoms with Gasteiger partial charge in [0.2, 0.25) is 0 Å². The van der Waals surface area contributed by atoms with E-state index in [-0.39, 0.29) is 6.04 Å². The molecular formula is C21H21Cl2N. The Morgan fingerprint density at radius 2 is 1.79 bits per heavy atom. The summed E-state index contributed by atoms with van der Waals surface area (Å²) in [7, 11) is 0. The van der Waals surface area contributed by atoms with E-state index < -0.39 is 0 Å². The van der Waals surface area contributed by atoms with Crippen LogP contribution in [0.2, 0.25) is 10.0 Å². The minimum Gasteiger partial charge on any atom is -0.377 e. The van der Waals surface area contributed by atoms with Crippen LogP contribution in [0.5, 0.6) is 0 Å². The lowest BCUT2D eigenvalue weighted by molar-refractivity contribution is 0.424. The first-order valence-corrected chi connectivity index (χ1v) is 9.33. The minimum absolute atomic E-state index is 0.184. The maximum Gasteiger partial charge on any atom is 0.0645 e. The van der Waals surface area contributed by atoms with Crippen LogP contribution in [0.1, 0.15) is 54.8 Å². The molecule has 1 aliphatic heterocycles. The van der Waals surface area contributed by atoms with E-state index in [1.807, 2.05) is 12.1 Å². The van der Waals surface area contributed by atoms with Crippen LogP contribution < -0.4 is 5.32 Å². The van der Waals surface area contributed by atoms with Crippen LogP contribution in [0.4, 0.5) is 5.69 Å². The van der Waals surface area contributed by atoms with Gasteiger partial charge in [-0.15, -0.1) is 0 Å². The molecule has 0 amide bonds. The monoisotopic (exact) mass is 357 g/mol. The summed E-state index contributed by atoms with van der Waals surface area (Å²) < 4.78 is 0. The Labute approximate surface area is 153 Å². The van der Waals surface area contributed by atoms with Gasteiger partial charge in [-0.3, -0.25) is 0 Å². The lowest BCUT2D eigenvalue weighted by Gasteiger charge is -2.39. The molecule has 0 spiro atoms. The van der Waals surface area contributed by atoms with E-state index in [9.17, 15) is 0 Å². The Bertz CT molecular complexity index is 809. The molecule has 0 saturated carbocycles. The number of nitrogens with one attached hydrogen (secondary N) is 1. The number of benzene rings is 2. The molecule has 2 aromatic rings. The Balaban J connectivity index is 1.86. The van der Waals surface area contributed by atoms with Crippen molar-refractivity contribution in [2.24, 2.45) is 5.92 Å². The third-order valence-electron chi connectivity index (χ3n) is 5.37. The van der Waals surface area contributed by atoms with Gasteiger partial charge < -0.3 is 5.32 Å². The van der Waals surface area contributed by atoms with E-state index in [1.165, 1.54) is 16.8 Å². The Kier molecular flexibility index (Phi) is 4.10. The fourth-order valence-electron chi connectivity index (χ4n) is 4.20. The van der Waals surface area contributed by atoms with Gasteiger partial charge in [0, 0.05) is 11.6 Å². The van der Waals surface area contributed by atoms with Gasteiger partial charge in [0.25, 0.3) is 0 Å². The van der Waals surface area contributed by atoms with Gasteiger partial charge in [0.05, 0.1) is 16.1 Å². The summed E-state index contributed by atoms with van der Waals surface area (Å²) in [5.41, 5.74) is 5.16. The molecule has 4 rings (SSSR count). The Hall–Kier alpha value is -1.44. The van der Waals surface area contributed by atoms with Crippen LogP contribution in [0.25, 0.3) is 0 Å². The average molecular weight is 358 g/mol. The molecule has 0 saturated heterocycles. The van der Waals surface area contributed by atoms with Gasteiger partial charge >= 0.3 is 0 Å². The average Bonchev–Trinajstić information content (AvgIpc) is 3.06. The fourth-order valence-corrected chi connectivity index (χ4v) is 4.62. The zero-order chi connectivity index (χ0) is 16.8. The predicted octanol–water partition coefficient (Wildman–Crippen LogP) is 6.94. The number of rotatable bonds is 2. The van der Waals surface area contributed by atoms with Gasteiger partial charge in [-0.2, -0.15) is 0 Å². The van der Waals surface area contributed by atoms with E-state index in [4.69, 9.17) is 23.2 Å². The number of halogens is 2. The lowest BCUT2D eigenvalue weighted by atomic mass is 9.75. The van der Waals surface area contributed by atoms with E-state index in [2.05, 4.69) is 55.6 Å². The number of hydrogen-bond donors (Lipinski definition) is 1. The maximum atomic E-state index is 6.55. The number of para-hydroxylation sites is 1. The summed E-state index contributed by atoms with van der Waals surface area (Å²) in [5.74, 6) is 1.40. The summed E-state index contributed by atoms with van der Waals surface area (Å²) >= 11 is 12.8. The highest BCUT2D eigenvalue weighted by Gasteiger charge is 2.39. The van der Waals surface area contributed by atoms with Crippen LogP contribution in [-0.4, -0.2) is 0 Å². The molecule has 1 N–H and O–H groups in total. The highest BCUT2D eigenvalue weighted by atomic mass is 35.5. The molecule has 0 bridgehead atoms. The summed E-state index contributed by atoms with van der Waals surface area (Å²) in [6, 6.07) is 12.8. The topological polar surface area (TPSA) is 12.0 Å². The zero-order valence-corrected chi connectivity index (χ0v) is 15.4. The van der Waals surface area contributed by atoms with Gasteiger partial charge in [0.15, 0.2) is 0 Å². The molecule has 2 aromatic carbocycles. The molecule has 0 fully saturated rings. The second kappa shape index (κ2) is 6.13. The van der Waals surface area contributed by atoms with Crippen molar-refractivity contribution in [2.75, 3.05) is 5.32 Å². The van der Waals surface area contributed by atoms with Gasteiger partial charge in [-0.25, -0.2) is 0 Å². The van der Waals surface area contributed by atoms with Crippen LogP contribution in [0, 0.1) is 5.92 Å². The third kappa shape index (κ3) is 2.46. The van der Waals surface area contributed by atoms with Crippen LogP contribution >= 0.6 is 23.2 Å². The smallest absolute Gasteiger partial charge is 0.0645 e. The summed E-state index contributed by atoms with van der Waals surface area (Å²) in [5, 5.41) is 5.12. The van der Waals surface area contributed by atoms with Crippen molar-refractivity contribution in [3.05, 3.63) is 75.3 Å². The van der Waals surface area contributed by atoms with Crippen molar-refractivity contribution in [3.8, 4) is 0 Å². The maximum absolute atomic E-state index is 6.55. The van der Waals surface area contributed by atoms with Crippen molar-refractivity contribution < 1.29 is 0 Å².